The molecule has 0 aromatic heterocycles. The second-order valence-corrected chi connectivity index (χ2v) is 6.25. The lowest BCUT2D eigenvalue weighted by molar-refractivity contribution is 0.315. The maximum atomic E-state index is 5.68. The summed E-state index contributed by atoms with van der Waals surface area (Å²) < 4.78 is 6.75. The number of nitrogens with one attached hydrogen (secondary N) is 1. The van der Waals surface area contributed by atoms with Crippen LogP contribution < -0.4 is 10.1 Å². The Kier molecular flexibility index (Phi) is 8.95. The van der Waals surface area contributed by atoms with Gasteiger partial charge in [-0.3, -0.25) is 0 Å². The summed E-state index contributed by atoms with van der Waals surface area (Å²) in [6, 6.07) is 6.47. The first-order valence-corrected chi connectivity index (χ1v) is 8.58. The summed E-state index contributed by atoms with van der Waals surface area (Å²) in [5, 5.41) is 3.39. The minimum absolute atomic E-state index is 0.767. The summed E-state index contributed by atoms with van der Waals surface area (Å²) in [5.41, 5.74) is 1.39. The molecule has 0 aliphatic carbocycles. The highest BCUT2D eigenvalue weighted by molar-refractivity contribution is 9.10. The molecule has 1 atom stereocenters. The predicted octanol–water partition coefficient (Wildman–Crippen LogP) is 4.81. The van der Waals surface area contributed by atoms with E-state index in [9.17, 15) is 0 Å². The van der Waals surface area contributed by atoms with Crippen molar-refractivity contribution in [3.05, 3.63) is 28.2 Å². The molecule has 3 heteroatoms. The highest BCUT2D eigenvalue weighted by atomic mass is 79.9. The van der Waals surface area contributed by atoms with Crippen molar-refractivity contribution >= 4 is 15.9 Å². The molecule has 114 valence electrons. The Labute approximate surface area is 132 Å². The Morgan fingerprint density at radius 3 is 2.70 bits per heavy atom. The second-order valence-electron chi connectivity index (χ2n) is 5.40. The number of ether oxygens (including phenoxy) is 1. The van der Waals surface area contributed by atoms with Gasteiger partial charge in [0.1, 0.15) is 5.75 Å². The van der Waals surface area contributed by atoms with E-state index in [1.54, 1.807) is 0 Å². The number of halogens is 1. The fraction of sp³-hybridized carbons (Fsp3) is 0.647. The van der Waals surface area contributed by atoms with Gasteiger partial charge in [-0.25, -0.2) is 0 Å². The molecule has 0 saturated carbocycles. The molecule has 0 aliphatic heterocycles. The van der Waals surface area contributed by atoms with Gasteiger partial charge >= 0.3 is 0 Å². The molecule has 1 aromatic carbocycles. The number of hydrogen-bond acceptors (Lipinski definition) is 2. The summed E-state index contributed by atoms with van der Waals surface area (Å²) in [5.74, 6) is 1.72. The number of hydrogen-bond donors (Lipinski definition) is 1. The zero-order valence-electron chi connectivity index (χ0n) is 13.0. The average Bonchev–Trinajstić information content (AvgIpc) is 2.44. The van der Waals surface area contributed by atoms with Gasteiger partial charge in [0.25, 0.3) is 0 Å². The SMILES string of the molecule is CCCOc1ccc(CCC(C)CCNCC)cc1Br. The van der Waals surface area contributed by atoms with Gasteiger partial charge < -0.3 is 10.1 Å². The molecule has 0 heterocycles. The van der Waals surface area contributed by atoms with Crippen molar-refractivity contribution < 1.29 is 4.74 Å². The highest BCUT2D eigenvalue weighted by Gasteiger charge is 2.05. The third-order valence-electron chi connectivity index (χ3n) is 3.45. The van der Waals surface area contributed by atoms with Crippen molar-refractivity contribution in [2.45, 2.75) is 46.5 Å². The van der Waals surface area contributed by atoms with E-state index in [-0.39, 0.29) is 0 Å². The normalized spacial score (nSPS) is 12.4. The van der Waals surface area contributed by atoms with Crippen LogP contribution in [0.25, 0.3) is 0 Å². The van der Waals surface area contributed by atoms with Gasteiger partial charge in [0.05, 0.1) is 11.1 Å². The smallest absolute Gasteiger partial charge is 0.133 e. The van der Waals surface area contributed by atoms with Crippen molar-refractivity contribution in [1.29, 1.82) is 0 Å². The van der Waals surface area contributed by atoms with Crippen LogP contribution in [0.4, 0.5) is 0 Å². The average molecular weight is 342 g/mol. The Hall–Kier alpha value is -0.540. The van der Waals surface area contributed by atoms with Crippen molar-refractivity contribution in [3.63, 3.8) is 0 Å². The van der Waals surface area contributed by atoms with E-state index in [2.05, 4.69) is 60.2 Å². The fourth-order valence-corrected chi connectivity index (χ4v) is 2.65. The zero-order valence-corrected chi connectivity index (χ0v) is 14.6. The van der Waals surface area contributed by atoms with Crippen molar-refractivity contribution in [3.8, 4) is 5.75 Å². The van der Waals surface area contributed by atoms with E-state index in [0.717, 1.165) is 48.7 Å². The molecule has 0 aliphatic rings. The summed E-state index contributed by atoms with van der Waals surface area (Å²) in [6.07, 6.45) is 4.68. The highest BCUT2D eigenvalue weighted by Crippen LogP contribution is 2.27. The van der Waals surface area contributed by atoms with E-state index >= 15 is 0 Å². The van der Waals surface area contributed by atoms with Gasteiger partial charge in [0.2, 0.25) is 0 Å². The Balaban J connectivity index is 2.38. The zero-order chi connectivity index (χ0) is 14.8. The lowest BCUT2D eigenvalue weighted by Gasteiger charge is -2.13. The minimum atomic E-state index is 0.767. The van der Waals surface area contributed by atoms with Crippen LogP contribution in [-0.2, 0) is 6.42 Å². The third kappa shape index (κ3) is 6.76. The predicted molar refractivity (Wildman–Crippen MR) is 90.6 cm³/mol. The van der Waals surface area contributed by atoms with Crippen LogP contribution in [0.1, 0.15) is 45.6 Å². The Bertz CT molecular complexity index is 381. The van der Waals surface area contributed by atoms with Crippen LogP contribution in [0.3, 0.4) is 0 Å². The van der Waals surface area contributed by atoms with Crippen molar-refractivity contribution in [2.24, 2.45) is 5.92 Å². The topological polar surface area (TPSA) is 21.3 Å². The van der Waals surface area contributed by atoms with Gasteiger partial charge in [0, 0.05) is 0 Å². The van der Waals surface area contributed by atoms with Gasteiger partial charge in [0.15, 0.2) is 0 Å². The number of aryl methyl sites for hydroxylation is 1. The quantitative estimate of drug-likeness (QED) is 0.616. The third-order valence-corrected chi connectivity index (χ3v) is 4.07. The standard InChI is InChI=1S/C17H28BrNO/c1-4-12-20-17-9-8-15(13-16(17)18)7-6-14(3)10-11-19-5-2/h8-9,13-14,19H,4-7,10-12H2,1-3H3. The molecule has 20 heavy (non-hydrogen) atoms. The first kappa shape index (κ1) is 17.5. The van der Waals surface area contributed by atoms with Crippen LogP contribution in [0.2, 0.25) is 0 Å². The van der Waals surface area contributed by atoms with Gasteiger partial charge in [-0.2, -0.15) is 0 Å². The van der Waals surface area contributed by atoms with E-state index in [4.69, 9.17) is 4.74 Å². The molecule has 0 bridgehead atoms. The molecule has 1 aromatic rings. The minimum Gasteiger partial charge on any atom is -0.492 e. The molecule has 1 N–H and O–H groups in total. The monoisotopic (exact) mass is 341 g/mol. The van der Waals surface area contributed by atoms with Crippen LogP contribution in [0.5, 0.6) is 5.75 Å². The lowest BCUT2D eigenvalue weighted by Crippen LogP contribution is -2.16. The molecule has 0 amide bonds. The molecule has 2 nitrogen and oxygen atoms in total. The maximum Gasteiger partial charge on any atom is 0.133 e. The van der Waals surface area contributed by atoms with E-state index in [1.165, 1.54) is 18.4 Å². The van der Waals surface area contributed by atoms with E-state index < -0.39 is 0 Å². The van der Waals surface area contributed by atoms with Crippen molar-refractivity contribution in [1.82, 2.24) is 5.32 Å². The largest absolute Gasteiger partial charge is 0.492 e. The van der Waals surface area contributed by atoms with Crippen LogP contribution in [0.15, 0.2) is 22.7 Å². The van der Waals surface area contributed by atoms with Gasteiger partial charge in [-0.15, -0.1) is 0 Å². The van der Waals surface area contributed by atoms with E-state index in [0.29, 0.717) is 0 Å². The molecular weight excluding hydrogens is 314 g/mol. The molecule has 0 radical (unpaired) electrons. The molecule has 0 spiro atoms. The molecule has 1 unspecified atom stereocenters. The Morgan fingerprint density at radius 2 is 2.05 bits per heavy atom. The second kappa shape index (κ2) is 10.2. The van der Waals surface area contributed by atoms with Crippen LogP contribution in [0, 0.1) is 5.92 Å². The molecule has 1 rings (SSSR count). The first-order chi connectivity index (χ1) is 9.67. The molecular formula is C17H28BrNO. The first-order valence-electron chi connectivity index (χ1n) is 7.79. The fourth-order valence-electron chi connectivity index (χ4n) is 2.11. The molecule has 0 fully saturated rings. The van der Waals surface area contributed by atoms with Gasteiger partial charge in [-0.1, -0.05) is 26.8 Å². The number of benzene rings is 1. The van der Waals surface area contributed by atoms with Crippen molar-refractivity contribution in [2.75, 3.05) is 19.7 Å². The summed E-state index contributed by atoms with van der Waals surface area (Å²) in [4.78, 5) is 0. The van der Waals surface area contributed by atoms with Crippen LogP contribution >= 0.6 is 15.9 Å². The number of rotatable bonds is 10. The molecule has 0 saturated heterocycles. The maximum absolute atomic E-state index is 5.68. The summed E-state index contributed by atoms with van der Waals surface area (Å²) >= 11 is 3.60. The Morgan fingerprint density at radius 1 is 1.25 bits per heavy atom. The van der Waals surface area contributed by atoms with Gasteiger partial charge in [-0.05, 0) is 78.3 Å². The summed E-state index contributed by atoms with van der Waals surface area (Å²) in [7, 11) is 0. The summed E-state index contributed by atoms with van der Waals surface area (Å²) in [6.45, 7) is 9.59. The van der Waals surface area contributed by atoms with Crippen LogP contribution in [-0.4, -0.2) is 19.7 Å². The van der Waals surface area contributed by atoms with E-state index in [1.807, 2.05) is 0 Å². The lowest BCUT2D eigenvalue weighted by atomic mass is 9.98.